The summed E-state index contributed by atoms with van der Waals surface area (Å²) in [6.07, 6.45) is 4.98. The van der Waals surface area contributed by atoms with Gasteiger partial charge in [-0.1, -0.05) is 38.0 Å². The standard InChI is InChI=1S/C17H21NO3/c1-2-18(12-7-3-4-8-12)11-14-13-9-5-6-10-15(13)21-16(14)17(19)20/h5-6,9-10,12H,2-4,7-8,11H2,1H3,(H,19,20). The molecule has 0 bridgehead atoms. The number of fused-ring (bicyclic) bond motifs is 1. The highest BCUT2D eigenvalue weighted by Gasteiger charge is 2.26. The second-order valence-electron chi connectivity index (χ2n) is 5.71. The highest BCUT2D eigenvalue weighted by atomic mass is 16.4. The summed E-state index contributed by atoms with van der Waals surface area (Å²) in [5.74, 6) is -0.892. The predicted molar refractivity (Wildman–Crippen MR) is 81.5 cm³/mol. The van der Waals surface area contributed by atoms with Gasteiger partial charge in [0.25, 0.3) is 0 Å². The lowest BCUT2D eigenvalue weighted by Crippen LogP contribution is -2.32. The van der Waals surface area contributed by atoms with E-state index in [0.29, 0.717) is 18.2 Å². The number of carboxylic acids is 1. The lowest BCUT2D eigenvalue weighted by atomic mass is 10.1. The quantitative estimate of drug-likeness (QED) is 0.906. The maximum atomic E-state index is 11.5. The first-order valence-electron chi connectivity index (χ1n) is 7.68. The van der Waals surface area contributed by atoms with Crippen LogP contribution in [0.25, 0.3) is 11.0 Å². The summed E-state index contributed by atoms with van der Waals surface area (Å²) in [6, 6.07) is 8.15. The summed E-state index contributed by atoms with van der Waals surface area (Å²) < 4.78 is 5.54. The van der Waals surface area contributed by atoms with E-state index in [1.54, 1.807) is 0 Å². The van der Waals surface area contributed by atoms with E-state index in [2.05, 4.69) is 11.8 Å². The highest BCUT2D eigenvalue weighted by molar-refractivity contribution is 5.95. The van der Waals surface area contributed by atoms with Gasteiger partial charge in [0.1, 0.15) is 5.58 Å². The molecule has 21 heavy (non-hydrogen) atoms. The number of furan rings is 1. The fourth-order valence-corrected chi connectivity index (χ4v) is 3.40. The van der Waals surface area contributed by atoms with Crippen molar-refractivity contribution in [3.8, 4) is 0 Å². The Morgan fingerprint density at radius 2 is 2.05 bits per heavy atom. The summed E-state index contributed by atoms with van der Waals surface area (Å²) >= 11 is 0. The molecule has 1 heterocycles. The number of rotatable bonds is 5. The van der Waals surface area contributed by atoms with Gasteiger partial charge in [-0.25, -0.2) is 4.79 Å². The van der Waals surface area contributed by atoms with E-state index in [4.69, 9.17) is 4.42 Å². The molecule has 1 aromatic carbocycles. The van der Waals surface area contributed by atoms with Crippen LogP contribution in [0.1, 0.15) is 48.7 Å². The van der Waals surface area contributed by atoms with Crippen LogP contribution in [0.15, 0.2) is 28.7 Å². The zero-order valence-corrected chi connectivity index (χ0v) is 12.3. The Bertz CT molecular complexity index is 641. The van der Waals surface area contributed by atoms with Gasteiger partial charge < -0.3 is 9.52 Å². The monoisotopic (exact) mass is 287 g/mol. The maximum Gasteiger partial charge on any atom is 0.372 e. The first-order valence-corrected chi connectivity index (χ1v) is 7.68. The lowest BCUT2D eigenvalue weighted by molar-refractivity contribution is 0.0660. The van der Waals surface area contributed by atoms with Crippen LogP contribution in [0.4, 0.5) is 0 Å². The summed E-state index contributed by atoms with van der Waals surface area (Å²) in [7, 11) is 0. The Morgan fingerprint density at radius 1 is 1.33 bits per heavy atom. The van der Waals surface area contributed by atoms with Crippen molar-refractivity contribution in [1.29, 1.82) is 0 Å². The van der Waals surface area contributed by atoms with E-state index in [9.17, 15) is 9.90 Å². The van der Waals surface area contributed by atoms with Crippen molar-refractivity contribution in [3.63, 3.8) is 0 Å². The number of carboxylic acid groups (broad SMARTS) is 1. The molecule has 0 aliphatic heterocycles. The molecule has 0 atom stereocenters. The van der Waals surface area contributed by atoms with Gasteiger partial charge in [0.15, 0.2) is 0 Å². The van der Waals surface area contributed by atoms with Crippen molar-refractivity contribution in [2.24, 2.45) is 0 Å². The van der Waals surface area contributed by atoms with Gasteiger partial charge in [-0.3, -0.25) is 4.90 Å². The summed E-state index contributed by atoms with van der Waals surface area (Å²) in [6.45, 7) is 3.73. The molecule has 0 saturated heterocycles. The zero-order valence-electron chi connectivity index (χ0n) is 12.3. The number of aromatic carboxylic acids is 1. The molecule has 4 nitrogen and oxygen atoms in total. The van der Waals surface area contributed by atoms with Crippen LogP contribution in [-0.2, 0) is 6.54 Å². The van der Waals surface area contributed by atoms with Crippen LogP contribution < -0.4 is 0 Å². The first-order chi connectivity index (χ1) is 10.2. The minimum atomic E-state index is -0.983. The minimum Gasteiger partial charge on any atom is -0.475 e. The van der Waals surface area contributed by atoms with E-state index in [-0.39, 0.29) is 5.76 Å². The Labute approximate surface area is 124 Å². The highest BCUT2D eigenvalue weighted by Crippen LogP contribution is 2.30. The maximum absolute atomic E-state index is 11.5. The van der Waals surface area contributed by atoms with Gasteiger partial charge in [-0.2, -0.15) is 0 Å². The number of para-hydroxylation sites is 1. The molecule has 0 spiro atoms. The molecule has 112 valence electrons. The number of nitrogens with zero attached hydrogens (tertiary/aromatic N) is 1. The third-order valence-corrected chi connectivity index (χ3v) is 4.50. The lowest BCUT2D eigenvalue weighted by Gasteiger charge is -2.27. The average molecular weight is 287 g/mol. The van der Waals surface area contributed by atoms with E-state index < -0.39 is 5.97 Å². The SMILES string of the molecule is CCN(Cc1c(C(=O)O)oc2ccccc12)C1CCCC1. The molecule has 0 radical (unpaired) electrons. The molecular formula is C17H21NO3. The fourth-order valence-electron chi connectivity index (χ4n) is 3.40. The van der Waals surface area contributed by atoms with Crippen LogP contribution in [0.5, 0.6) is 0 Å². The molecule has 2 aromatic rings. The van der Waals surface area contributed by atoms with Gasteiger partial charge >= 0.3 is 5.97 Å². The fraction of sp³-hybridized carbons (Fsp3) is 0.471. The molecule has 1 fully saturated rings. The topological polar surface area (TPSA) is 53.7 Å². The molecule has 1 N–H and O–H groups in total. The van der Waals surface area contributed by atoms with E-state index in [1.165, 1.54) is 25.7 Å². The largest absolute Gasteiger partial charge is 0.475 e. The van der Waals surface area contributed by atoms with Crippen molar-refractivity contribution >= 4 is 16.9 Å². The third-order valence-electron chi connectivity index (χ3n) is 4.50. The van der Waals surface area contributed by atoms with Gasteiger partial charge in [0, 0.05) is 23.5 Å². The molecule has 1 saturated carbocycles. The van der Waals surface area contributed by atoms with Crippen LogP contribution in [0.3, 0.4) is 0 Å². The number of hydrogen-bond acceptors (Lipinski definition) is 3. The average Bonchev–Trinajstić information content (AvgIpc) is 3.12. The Morgan fingerprint density at radius 3 is 2.71 bits per heavy atom. The van der Waals surface area contributed by atoms with E-state index in [1.807, 2.05) is 24.3 Å². The first kappa shape index (κ1) is 14.1. The molecule has 0 amide bonds. The van der Waals surface area contributed by atoms with E-state index >= 15 is 0 Å². The molecule has 1 aliphatic rings. The smallest absolute Gasteiger partial charge is 0.372 e. The Hall–Kier alpha value is -1.81. The van der Waals surface area contributed by atoms with E-state index in [0.717, 1.165) is 17.5 Å². The van der Waals surface area contributed by atoms with Gasteiger partial charge in [-0.05, 0) is 25.5 Å². The predicted octanol–water partition coefficient (Wildman–Crippen LogP) is 3.90. The number of carbonyl (C=O) groups is 1. The van der Waals surface area contributed by atoms with Crippen LogP contribution >= 0.6 is 0 Å². The van der Waals surface area contributed by atoms with Gasteiger partial charge in [-0.15, -0.1) is 0 Å². The van der Waals surface area contributed by atoms with Crippen LogP contribution in [-0.4, -0.2) is 28.6 Å². The van der Waals surface area contributed by atoms with Gasteiger partial charge in [0.05, 0.1) is 0 Å². The normalized spacial score (nSPS) is 16.1. The van der Waals surface area contributed by atoms with Crippen molar-refractivity contribution in [2.45, 2.75) is 45.2 Å². The Kier molecular flexibility index (Phi) is 3.97. The summed E-state index contributed by atoms with van der Waals surface area (Å²) in [5.41, 5.74) is 1.47. The van der Waals surface area contributed by atoms with Crippen molar-refractivity contribution in [3.05, 3.63) is 35.6 Å². The summed E-state index contributed by atoms with van der Waals surface area (Å²) in [4.78, 5) is 13.9. The second kappa shape index (κ2) is 5.90. The van der Waals surface area contributed by atoms with Crippen molar-refractivity contribution in [1.82, 2.24) is 4.90 Å². The van der Waals surface area contributed by atoms with Crippen LogP contribution in [0, 0.1) is 0 Å². The molecule has 4 heteroatoms. The molecule has 3 rings (SSSR count). The van der Waals surface area contributed by atoms with Crippen molar-refractivity contribution in [2.75, 3.05) is 6.54 Å². The molecular weight excluding hydrogens is 266 g/mol. The number of benzene rings is 1. The van der Waals surface area contributed by atoms with Crippen LogP contribution in [0.2, 0.25) is 0 Å². The Balaban J connectivity index is 1.97. The minimum absolute atomic E-state index is 0.0904. The van der Waals surface area contributed by atoms with Crippen molar-refractivity contribution < 1.29 is 14.3 Å². The second-order valence-corrected chi connectivity index (χ2v) is 5.71. The number of hydrogen-bond donors (Lipinski definition) is 1. The molecule has 1 aromatic heterocycles. The zero-order chi connectivity index (χ0) is 14.8. The molecule has 1 aliphatic carbocycles. The van der Waals surface area contributed by atoms with Gasteiger partial charge in [0.2, 0.25) is 5.76 Å². The third kappa shape index (κ3) is 2.68. The molecule has 0 unspecified atom stereocenters. The summed E-state index contributed by atoms with van der Waals surface area (Å²) in [5, 5.41) is 10.3.